The minimum absolute atomic E-state index is 0.0129. The minimum atomic E-state index is -0.327. The van der Waals surface area contributed by atoms with Gasteiger partial charge in [0.25, 0.3) is 0 Å². The van der Waals surface area contributed by atoms with Crippen LogP contribution in [-0.2, 0) is 11.3 Å². The summed E-state index contributed by atoms with van der Waals surface area (Å²) in [6.45, 7) is 0.425. The van der Waals surface area contributed by atoms with E-state index in [1.54, 1.807) is 25.3 Å². The summed E-state index contributed by atoms with van der Waals surface area (Å²) in [4.78, 5) is 6.58. The number of nitrogens with zero attached hydrogens (tertiary/aromatic N) is 6. The third-order valence-corrected chi connectivity index (χ3v) is 4.89. The summed E-state index contributed by atoms with van der Waals surface area (Å²) >= 11 is 0. The fraction of sp³-hybridized carbons (Fsp3) is 0.353. The van der Waals surface area contributed by atoms with Crippen molar-refractivity contribution in [2.75, 3.05) is 18.6 Å². The Bertz CT molecular complexity index is 1000. The first-order chi connectivity index (χ1) is 14.1. The Balaban J connectivity index is 2.35. The van der Waals surface area contributed by atoms with Crippen molar-refractivity contribution in [3.05, 3.63) is 35.0 Å². The first-order valence-electron chi connectivity index (χ1n) is 8.81. The van der Waals surface area contributed by atoms with Crippen LogP contribution in [0.4, 0.5) is 5.69 Å². The van der Waals surface area contributed by atoms with Crippen LogP contribution in [0.5, 0.6) is 0 Å². The van der Waals surface area contributed by atoms with Crippen LogP contribution in [0.3, 0.4) is 0 Å². The molecule has 12 nitrogen and oxygen atoms in total. The Kier molecular flexibility index (Phi) is 6.04. The number of methoxy groups -OCH3 is 1. The molecule has 0 amide bonds. The zero-order chi connectivity index (χ0) is 21.0. The number of nitrogens with one attached hydrogen (secondary N) is 2. The van der Waals surface area contributed by atoms with Gasteiger partial charge in [0.1, 0.15) is 11.9 Å². The van der Waals surface area contributed by atoms with Crippen LogP contribution in [0.25, 0.3) is 10.9 Å². The zero-order valence-corrected chi connectivity index (χ0v) is 15.8. The second-order valence-corrected chi connectivity index (χ2v) is 6.37. The van der Waals surface area contributed by atoms with Crippen molar-refractivity contribution >= 4 is 28.3 Å². The molecule has 0 bridgehead atoms. The number of aromatic nitrogens is 1. The Morgan fingerprint density at radius 1 is 1.24 bits per heavy atom. The van der Waals surface area contributed by atoms with Crippen molar-refractivity contribution in [2.45, 2.75) is 25.7 Å². The average Bonchev–Trinajstić information content (AvgIpc) is 3.23. The van der Waals surface area contributed by atoms with E-state index in [9.17, 15) is 5.11 Å². The van der Waals surface area contributed by atoms with Gasteiger partial charge in [-0.3, -0.25) is 0 Å². The maximum atomic E-state index is 9.80. The maximum absolute atomic E-state index is 9.80. The third-order valence-electron chi connectivity index (χ3n) is 4.89. The fourth-order valence-electron chi connectivity index (χ4n) is 3.56. The van der Waals surface area contributed by atoms with Crippen molar-refractivity contribution in [3.63, 3.8) is 0 Å². The molecule has 0 radical (unpaired) electrons. The molecule has 0 unspecified atom stereocenters. The van der Waals surface area contributed by atoms with Gasteiger partial charge in [0.05, 0.1) is 17.8 Å². The summed E-state index contributed by atoms with van der Waals surface area (Å²) in [5.74, 6) is 10.7. The smallest absolute Gasteiger partial charge is 0.218 e. The number of hydrogen-bond acceptors (Lipinski definition) is 10. The summed E-state index contributed by atoms with van der Waals surface area (Å²) in [5.41, 5.74) is 17.1. The number of amidine groups is 2. The van der Waals surface area contributed by atoms with E-state index in [1.807, 2.05) is 0 Å². The molecule has 0 spiro atoms. The largest absolute Gasteiger partial charge is 0.392 e. The van der Waals surface area contributed by atoms with E-state index in [0.717, 1.165) is 30.5 Å². The summed E-state index contributed by atoms with van der Waals surface area (Å²) in [5, 5.41) is 24.3. The molecule has 12 heteroatoms. The van der Waals surface area contributed by atoms with Gasteiger partial charge in [-0.1, -0.05) is 0 Å². The van der Waals surface area contributed by atoms with Crippen LogP contribution in [0, 0.1) is 11.1 Å². The predicted molar refractivity (Wildman–Crippen MR) is 107 cm³/mol. The molecular formula is C17H22N10O2. The SMILES string of the molecule is CO[C@@H]1CCCN1c1cc(C(N=N)=NN)nc2cc(CO)c(C(N=N)=NN)cc12. The Morgan fingerprint density at radius 2 is 1.97 bits per heavy atom. The number of benzene rings is 1. The standard InChI is InChI=1S/C17H22N10O2/c1-29-15-3-2-4-27(15)14-7-13(17(25-20)26-21)22-12-5-9(8-28)10(6-11(12)14)16(23-18)24-19/h5-7,15,18,20,28H,2-4,8,19,21H2,1H3/t15-/m1/s1. The monoisotopic (exact) mass is 398 g/mol. The molecule has 1 aliphatic heterocycles. The van der Waals surface area contributed by atoms with E-state index in [4.69, 9.17) is 27.5 Å². The highest BCUT2D eigenvalue weighted by Gasteiger charge is 2.27. The lowest BCUT2D eigenvalue weighted by atomic mass is 10.0. The van der Waals surface area contributed by atoms with Crippen LogP contribution < -0.4 is 16.6 Å². The summed E-state index contributed by atoms with van der Waals surface area (Å²) in [6.07, 6.45) is 1.66. The molecule has 1 atom stereocenters. The van der Waals surface area contributed by atoms with Gasteiger partial charge >= 0.3 is 0 Å². The highest BCUT2D eigenvalue weighted by atomic mass is 16.5. The van der Waals surface area contributed by atoms with Crippen LogP contribution >= 0.6 is 0 Å². The predicted octanol–water partition coefficient (Wildman–Crippen LogP) is 1.60. The fourth-order valence-corrected chi connectivity index (χ4v) is 3.56. The number of aliphatic hydroxyl groups excluding tert-OH is 1. The number of nitrogens with two attached hydrogens (primary N) is 2. The van der Waals surface area contributed by atoms with Crippen molar-refractivity contribution in [2.24, 2.45) is 32.1 Å². The molecule has 1 aromatic carbocycles. The van der Waals surface area contributed by atoms with E-state index in [2.05, 4.69) is 30.3 Å². The number of rotatable bonds is 5. The molecule has 1 aromatic heterocycles. The Hall–Kier alpha value is -3.51. The number of hydrazone groups is 2. The van der Waals surface area contributed by atoms with Gasteiger partial charge in [0.2, 0.25) is 5.84 Å². The van der Waals surface area contributed by atoms with E-state index < -0.39 is 0 Å². The molecule has 2 heterocycles. The van der Waals surface area contributed by atoms with Gasteiger partial charge in [0.15, 0.2) is 5.84 Å². The summed E-state index contributed by atoms with van der Waals surface area (Å²) in [7, 11) is 1.65. The van der Waals surface area contributed by atoms with Crippen LogP contribution in [0.1, 0.15) is 29.7 Å². The molecule has 1 saturated heterocycles. The zero-order valence-electron chi connectivity index (χ0n) is 15.8. The minimum Gasteiger partial charge on any atom is -0.392 e. The number of anilines is 1. The van der Waals surface area contributed by atoms with E-state index in [0.29, 0.717) is 22.3 Å². The summed E-state index contributed by atoms with van der Waals surface area (Å²) in [6, 6.07) is 5.13. The number of aliphatic hydroxyl groups is 1. The molecule has 1 aliphatic rings. The highest BCUT2D eigenvalue weighted by molar-refractivity contribution is 6.07. The Morgan fingerprint density at radius 3 is 2.55 bits per heavy atom. The second-order valence-electron chi connectivity index (χ2n) is 6.37. The topological polar surface area (TPSA) is 195 Å². The van der Waals surface area contributed by atoms with E-state index in [-0.39, 0.29) is 24.5 Å². The molecule has 3 rings (SSSR count). The molecule has 1 fully saturated rings. The molecule has 29 heavy (non-hydrogen) atoms. The van der Waals surface area contributed by atoms with Crippen LogP contribution in [0.15, 0.2) is 38.6 Å². The van der Waals surface area contributed by atoms with E-state index >= 15 is 0 Å². The van der Waals surface area contributed by atoms with Gasteiger partial charge in [0, 0.05) is 24.6 Å². The molecule has 0 aliphatic carbocycles. The first-order valence-corrected chi connectivity index (χ1v) is 8.81. The molecular weight excluding hydrogens is 376 g/mol. The maximum Gasteiger partial charge on any atom is 0.218 e. The number of pyridine rings is 1. The van der Waals surface area contributed by atoms with Gasteiger partial charge in [-0.15, -0.1) is 10.2 Å². The number of hydrogen-bond donors (Lipinski definition) is 5. The average molecular weight is 398 g/mol. The lowest BCUT2D eigenvalue weighted by Crippen LogP contribution is -2.31. The third kappa shape index (κ3) is 3.62. The molecule has 0 saturated carbocycles. The molecule has 7 N–H and O–H groups in total. The van der Waals surface area contributed by atoms with Crippen molar-refractivity contribution < 1.29 is 9.84 Å². The Labute approximate surface area is 166 Å². The van der Waals surface area contributed by atoms with Gasteiger partial charge < -0.3 is 26.4 Å². The first kappa shape index (κ1) is 20.2. The quantitative estimate of drug-likeness (QED) is 0.167. The highest BCUT2D eigenvalue weighted by Crippen LogP contribution is 2.34. The number of ether oxygens (including phenoxy) is 1. The van der Waals surface area contributed by atoms with Gasteiger partial charge in [-0.05, 0) is 36.6 Å². The lowest BCUT2D eigenvalue weighted by molar-refractivity contribution is 0.111. The van der Waals surface area contributed by atoms with Crippen molar-refractivity contribution in [1.29, 1.82) is 11.1 Å². The van der Waals surface area contributed by atoms with Crippen molar-refractivity contribution in [1.82, 2.24) is 4.98 Å². The molecule has 152 valence electrons. The van der Waals surface area contributed by atoms with Crippen molar-refractivity contribution in [3.8, 4) is 0 Å². The lowest BCUT2D eigenvalue weighted by Gasteiger charge is -2.27. The van der Waals surface area contributed by atoms with Gasteiger partial charge in [-0.2, -0.15) is 10.2 Å². The molecule has 2 aromatic rings. The second kappa shape index (κ2) is 8.67. The van der Waals surface area contributed by atoms with E-state index in [1.165, 1.54) is 0 Å². The summed E-state index contributed by atoms with van der Waals surface area (Å²) < 4.78 is 5.60. The number of fused-ring (bicyclic) bond motifs is 1. The van der Waals surface area contributed by atoms with Crippen LogP contribution in [0.2, 0.25) is 0 Å². The van der Waals surface area contributed by atoms with Crippen LogP contribution in [-0.4, -0.2) is 41.6 Å². The van der Waals surface area contributed by atoms with Gasteiger partial charge in [-0.25, -0.2) is 16.0 Å². The normalized spacial score (nSPS) is 17.7.